The Bertz CT molecular complexity index is 555. The van der Waals surface area contributed by atoms with Crippen molar-refractivity contribution in [1.29, 1.82) is 0 Å². The molecule has 0 aromatic carbocycles. The lowest BCUT2D eigenvalue weighted by Crippen LogP contribution is -2.59. The molecule has 0 radical (unpaired) electrons. The second-order valence-corrected chi connectivity index (χ2v) is 12.1. The first-order valence-corrected chi connectivity index (χ1v) is 11.9. The van der Waals surface area contributed by atoms with Gasteiger partial charge in [0, 0.05) is 7.11 Å². The van der Waals surface area contributed by atoms with E-state index in [1.54, 1.807) is 7.11 Å². The molecule has 0 amide bonds. The molecular weight excluding hydrogens is 343 g/mol. The minimum Gasteiger partial charge on any atom is -0.476 e. The van der Waals surface area contributed by atoms with Crippen molar-refractivity contribution in [3.63, 3.8) is 0 Å². The molecule has 6 fully saturated rings. The Balaban J connectivity index is 1.51. The summed E-state index contributed by atoms with van der Waals surface area (Å²) in [6.07, 6.45) is 11.3. The highest BCUT2D eigenvalue weighted by Gasteiger charge is 2.61. The van der Waals surface area contributed by atoms with Gasteiger partial charge in [0.2, 0.25) is 0 Å². The van der Waals surface area contributed by atoms with Gasteiger partial charge in [-0.25, -0.2) is 0 Å². The van der Waals surface area contributed by atoms with Crippen LogP contribution in [0.5, 0.6) is 0 Å². The van der Waals surface area contributed by atoms with Crippen LogP contribution >= 0.6 is 0 Å². The van der Waals surface area contributed by atoms with E-state index >= 15 is 0 Å². The zero-order valence-corrected chi connectivity index (χ0v) is 19.4. The van der Waals surface area contributed by atoms with Gasteiger partial charge in [-0.2, -0.15) is 0 Å². The Kier molecular flexibility index (Phi) is 5.47. The Hall–Kier alpha value is -0.435. The van der Waals surface area contributed by atoms with E-state index in [1.807, 2.05) is 6.26 Å². The lowest BCUT2D eigenvalue weighted by molar-refractivity contribution is -0.107. The van der Waals surface area contributed by atoms with Crippen LogP contribution in [0.25, 0.3) is 0 Å². The summed E-state index contributed by atoms with van der Waals surface area (Å²) >= 11 is 0. The van der Waals surface area contributed by atoms with Crippen LogP contribution in [0.2, 0.25) is 18.0 Å². The first-order chi connectivity index (χ1) is 13.2. The summed E-state index contributed by atoms with van der Waals surface area (Å²) in [5.74, 6) is 7.34. The van der Waals surface area contributed by atoms with E-state index in [4.69, 9.17) is 9.47 Å². The number of methoxy groups -OCH3 is 1. The van der Waals surface area contributed by atoms with Crippen LogP contribution in [0.1, 0.15) is 67.2 Å². The normalized spacial score (nSPS) is 45.2. The van der Waals surface area contributed by atoms with Gasteiger partial charge >= 0.3 is 0 Å². The maximum absolute atomic E-state index is 5.48. The topological polar surface area (TPSA) is 18.5 Å². The molecule has 0 unspecified atom stereocenters. The van der Waals surface area contributed by atoms with Crippen molar-refractivity contribution in [2.24, 2.45) is 46.3 Å². The van der Waals surface area contributed by atoms with Gasteiger partial charge in [0.25, 0.3) is 0 Å². The number of hydrogen-bond acceptors (Lipinski definition) is 2. The second kappa shape index (κ2) is 7.36. The zero-order chi connectivity index (χ0) is 20.3. The molecule has 0 N–H and O–H groups in total. The maximum Gasteiger partial charge on any atom is 0.187 e. The summed E-state index contributed by atoms with van der Waals surface area (Å²) < 4.78 is 10.5. The first-order valence-electron chi connectivity index (χ1n) is 11.9. The van der Waals surface area contributed by atoms with E-state index in [2.05, 4.69) is 47.6 Å². The second-order valence-electron chi connectivity index (χ2n) is 12.1. The first kappa shape index (κ1) is 20.8. The molecule has 0 saturated heterocycles. The van der Waals surface area contributed by atoms with E-state index in [0.29, 0.717) is 17.6 Å². The molecule has 8 atom stereocenters. The minimum absolute atomic E-state index is 0.359. The quantitative estimate of drug-likeness (QED) is 0.208. The Morgan fingerprint density at radius 3 is 1.75 bits per heavy atom. The van der Waals surface area contributed by atoms with Gasteiger partial charge in [0.05, 0.1) is 6.26 Å². The molecule has 4 bridgehead atoms. The van der Waals surface area contributed by atoms with Crippen molar-refractivity contribution in [2.45, 2.75) is 85.2 Å². The van der Waals surface area contributed by atoms with Gasteiger partial charge < -0.3 is 9.47 Å². The molecule has 6 aliphatic carbocycles. The van der Waals surface area contributed by atoms with Crippen molar-refractivity contribution in [3.8, 4) is 0 Å². The number of ether oxygens (including phenoxy) is 2. The third kappa shape index (κ3) is 3.10. The van der Waals surface area contributed by atoms with Crippen LogP contribution in [-0.4, -0.2) is 20.6 Å². The average molecular weight is 386 g/mol. The molecule has 0 aliphatic heterocycles. The summed E-state index contributed by atoms with van der Waals surface area (Å²) in [7, 11) is 1.69. The summed E-state index contributed by atoms with van der Waals surface area (Å²) in [4.78, 5) is 0. The van der Waals surface area contributed by atoms with Gasteiger partial charge in [0.1, 0.15) is 0 Å². The van der Waals surface area contributed by atoms with E-state index in [9.17, 15) is 0 Å². The summed E-state index contributed by atoms with van der Waals surface area (Å²) in [6, 6.07) is 0. The molecule has 3 heteroatoms. The lowest BCUT2D eigenvalue weighted by Gasteiger charge is -2.66. The molecule has 6 saturated carbocycles. The summed E-state index contributed by atoms with van der Waals surface area (Å²) in [5.41, 5.74) is 1.17. The number of allylic oxidation sites excluding steroid dienone is 1. The highest BCUT2D eigenvalue weighted by Crippen LogP contribution is 2.69. The van der Waals surface area contributed by atoms with Crippen molar-refractivity contribution in [2.75, 3.05) is 13.9 Å². The standard InChI is InChI=1S/C25H43BO2/c1-16-20-11-18(24(20,3)4)13-22(16)26(9-8-10-28-15-27-7)23-14-19-12-21(17(23)2)25(19,5)6/h8,10,16-23H,9,11-15H2,1-7H3/b10-8-/t16-,17-,18+,19+,20-,21-,22-,23-/m1/s1. The van der Waals surface area contributed by atoms with Crippen LogP contribution in [0.15, 0.2) is 12.3 Å². The van der Waals surface area contributed by atoms with Crippen LogP contribution in [0, 0.1) is 46.3 Å². The maximum atomic E-state index is 5.48. The van der Waals surface area contributed by atoms with E-state index in [-0.39, 0.29) is 0 Å². The van der Waals surface area contributed by atoms with E-state index < -0.39 is 0 Å². The van der Waals surface area contributed by atoms with Gasteiger partial charge in [-0.1, -0.05) is 78.4 Å². The van der Waals surface area contributed by atoms with Crippen molar-refractivity contribution in [3.05, 3.63) is 12.3 Å². The highest BCUT2D eigenvalue weighted by molar-refractivity contribution is 6.62. The van der Waals surface area contributed by atoms with Gasteiger partial charge in [0.15, 0.2) is 13.5 Å². The van der Waals surface area contributed by atoms with Crippen molar-refractivity contribution < 1.29 is 9.47 Å². The predicted octanol–water partition coefficient (Wildman–Crippen LogP) is 6.76. The largest absolute Gasteiger partial charge is 0.476 e. The SMILES string of the molecule is COCO/C=C\CB([C@@H]1C[C@@H]2C[C@H]([C@H]1C)C2(C)C)[C@@H]1C[C@@H]2C[C@H]([C@H]1C)C2(C)C. The Morgan fingerprint density at radius 1 is 0.857 bits per heavy atom. The summed E-state index contributed by atoms with van der Waals surface area (Å²) in [6.45, 7) is 16.5. The number of fused-ring (bicyclic) bond motifs is 4. The molecule has 6 rings (SSSR count). The molecule has 0 heterocycles. The van der Waals surface area contributed by atoms with E-state index in [0.717, 1.165) is 53.9 Å². The van der Waals surface area contributed by atoms with Gasteiger partial charge in [-0.3, -0.25) is 0 Å². The summed E-state index contributed by atoms with van der Waals surface area (Å²) in [5, 5.41) is 0. The molecule has 158 valence electrons. The van der Waals surface area contributed by atoms with Gasteiger partial charge in [-0.15, -0.1) is 0 Å². The smallest absolute Gasteiger partial charge is 0.187 e. The minimum atomic E-state index is 0.359. The Labute approximate surface area is 174 Å². The lowest BCUT2D eigenvalue weighted by atomic mass is 9.20. The number of hydrogen-bond donors (Lipinski definition) is 0. The Morgan fingerprint density at radius 2 is 1.36 bits per heavy atom. The third-order valence-corrected chi connectivity index (χ3v) is 10.7. The molecule has 6 aliphatic rings. The van der Waals surface area contributed by atoms with Crippen LogP contribution in [0.3, 0.4) is 0 Å². The zero-order valence-electron chi connectivity index (χ0n) is 19.4. The molecule has 0 aromatic rings. The molecular formula is C25H43BO2. The van der Waals surface area contributed by atoms with E-state index in [1.165, 1.54) is 32.0 Å². The number of rotatable bonds is 7. The molecule has 28 heavy (non-hydrogen) atoms. The fraction of sp³-hybridized carbons (Fsp3) is 0.920. The van der Waals surface area contributed by atoms with Crippen LogP contribution in [0.4, 0.5) is 0 Å². The monoisotopic (exact) mass is 386 g/mol. The fourth-order valence-corrected chi connectivity index (χ4v) is 8.56. The molecule has 0 aromatic heterocycles. The average Bonchev–Trinajstić information content (AvgIpc) is 2.65. The fourth-order valence-electron chi connectivity index (χ4n) is 8.56. The van der Waals surface area contributed by atoms with Crippen LogP contribution in [-0.2, 0) is 9.47 Å². The van der Waals surface area contributed by atoms with Gasteiger partial charge in [-0.05, 0) is 59.2 Å². The molecule has 0 spiro atoms. The highest BCUT2D eigenvalue weighted by atomic mass is 16.7. The van der Waals surface area contributed by atoms with Crippen molar-refractivity contribution >= 4 is 6.71 Å². The van der Waals surface area contributed by atoms with Crippen LogP contribution < -0.4 is 0 Å². The molecule has 2 nitrogen and oxygen atoms in total. The third-order valence-electron chi connectivity index (χ3n) is 10.7. The van der Waals surface area contributed by atoms with Crippen molar-refractivity contribution in [1.82, 2.24) is 0 Å². The predicted molar refractivity (Wildman–Crippen MR) is 118 cm³/mol.